The Balaban J connectivity index is 1.99. The van der Waals surface area contributed by atoms with Gasteiger partial charge >= 0.3 is 5.97 Å². The van der Waals surface area contributed by atoms with Crippen LogP contribution in [0.4, 0.5) is 0 Å². The van der Waals surface area contributed by atoms with Gasteiger partial charge in [0, 0.05) is 13.0 Å². The topological polar surface area (TPSA) is 86.6 Å². The standard InChI is InChI=1S/C16H21NO4/c1-16(15(20)21,12-5-3-2-4-6-12)9-14(19)17-10-13(18)11-7-8-11/h2-6,11,13,18H,7-10H2,1H3,(H,17,19)(H,20,21). The van der Waals surface area contributed by atoms with Gasteiger partial charge in [0.25, 0.3) is 0 Å². The third-order valence-electron chi connectivity index (χ3n) is 4.07. The van der Waals surface area contributed by atoms with Crippen LogP contribution in [0.3, 0.4) is 0 Å². The molecule has 2 atom stereocenters. The predicted molar refractivity (Wildman–Crippen MR) is 77.8 cm³/mol. The molecule has 0 radical (unpaired) electrons. The molecule has 1 aliphatic carbocycles. The van der Waals surface area contributed by atoms with E-state index in [4.69, 9.17) is 0 Å². The normalized spacial score (nSPS) is 18.6. The molecule has 1 amide bonds. The van der Waals surface area contributed by atoms with Crippen molar-refractivity contribution in [1.82, 2.24) is 5.32 Å². The Morgan fingerprint density at radius 3 is 2.48 bits per heavy atom. The van der Waals surface area contributed by atoms with Gasteiger partial charge in [0.1, 0.15) is 0 Å². The predicted octanol–water partition coefficient (Wildman–Crippen LogP) is 1.31. The maximum Gasteiger partial charge on any atom is 0.314 e. The lowest BCUT2D eigenvalue weighted by molar-refractivity contribution is -0.145. The minimum Gasteiger partial charge on any atom is -0.481 e. The molecule has 1 saturated carbocycles. The molecule has 0 heterocycles. The van der Waals surface area contributed by atoms with Gasteiger partial charge in [-0.3, -0.25) is 9.59 Å². The summed E-state index contributed by atoms with van der Waals surface area (Å²) in [6, 6.07) is 8.73. The number of aliphatic hydroxyl groups excluding tert-OH is 1. The summed E-state index contributed by atoms with van der Waals surface area (Å²) in [7, 11) is 0. The first-order valence-corrected chi connectivity index (χ1v) is 7.17. The van der Waals surface area contributed by atoms with Gasteiger partial charge in [-0.05, 0) is 31.2 Å². The first-order valence-electron chi connectivity index (χ1n) is 7.17. The van der Waals surface area contributed by atoms with Crippen LogP contribution in [0.2, 0.25) is 0 Å². The summed E-state index contributed by atoms with van der Waals surface area (Å²) in [6.45, 7) is 1.73. The first-order chi connectivity index (χ1) is 9.93. The summed E-state index contributed by atoms with van der Waals surface area (Å²) in [6.07, 6.45) is 1.31. The fraction of sp³-hybridized carbons (Fsp3) is 0.500. The Kier molecular flexibility index (Phi) is 4.63. The minimum atomic E-state index is -1.27. The van der Waals surface area contributed by atoms with Crippen molar-refractivity contribution in [3.63, 3.8) is 0 Å². The van der Waals surface area contributed by atoms with Crippen LogP contribution in [0.25, 0.3) is 0 Å². The van der Waals surface area contributed by atoms with Gasteiger partial charge in [-0.25, -0.2) is 0 Å². The Morgan fingerprint density at radius 2 is 1.95 bits per heavy atom. The molecule has 3 N–H and O–H groups in total. The first kappa shape index (κ1) is 15.5. The molecule has 0 saturated heterocycles. The van der Waals surface area contributed by atoms with E-state index < -0.39 is 17.5 Å². The number of carboxylic acids is 1. The van der Waals surface area contributed by atoms with Crippen LogP contribution in [-0.4, -0.2) is 34.7 Å². The lowest BCUT2D eigenvalue weighted by atomic mass is 9.79. The molecule has 1 fully saturated rings. The maximum atomic E-state index is 12.0. The van der Waals surface area contributed by atoms with Crippen LogP contribution >= 0.6 is 0 Å². The van der Waals surface area contributed by atoms with E-state index in [1.165, 1.54) is 0 Å². The van der Waals surface area contributed by atoms with Crippen LogP contribution in [0.1, 0.15) is 31.7 Å². The van der Waals surface area contributed by atoms with Crippen molar-refractivity contribution in [1.29, 1.82) is 0 Å². The quantitative estimate of drug-likeness (QED) is 0.707. The summed E-state index contributed by atoms with van der Waals surface area (Å²) in [4.78, 5) is 23.6. The number of nitrogens with one attached hydrogen (secondary N) is 1. The van der Waals surface area contributed by atoms with E-state index >= 15 is 0 Å². The van der Waals surface area contributed by atoms with Crippen LogP contribution in [0, 0.1) is 5.92 Å². The van der Waals surface area contributed by atoms with Crippen molar-refractivity contribution in [2.75, 3.05) is 6.54 Å². The molecule has 21 heavy (non-hydrogen) atoms. The second-order valence-corrected chi connectivity index (χ2v) is 5.89. The van der Waals surface area contributed by atoms with Crippen LogP contribution in [-0.2, 0) is 15.0 Å². The molecule has 1 aliphatic rings. The molecule has 1 aromatic carbocycles. The second-order valence-electron chi connectivity index (χ2n) is 5.89. The van der Waals surface area contributed by atoms with Gasteiger partial charge in [-0.15, -0.1) is 0 Å². The zero-order valence-corrected chi connectivity index (χ0v) is 12.1. The second kappa shape index (κ2) is 6.26. The molecule has 5 heteroatoms. The molecular formula is C16H21NO4. The number of hydrogen-bond donors (Lipinski definition) is 3. The fourth-order valence-electron chi connectivity index (χ4n) is 2.36. The molecule has 0 aliphatic heterocycles. The van der Waals surface area contributed by atoms with Gasteiger partial charge in [-0.1, -0.05) is 30.3 Å². The largest absolute Gasteiger partial charge is 0.481 e. The number of carbonyl (C=O) groups excluding carboxylic acids is 1. The highest BCUT2D eigenvalue weighted by molar-refractivity contribution is 5.89. The zero-order valence-electron chi connectivity index (χ0n) is 12.1. The average Bonchev–Trinajstić information content (AvgIpc) is 3.30. The molecule has 2 unspecified atom stereocenters. The van der Waals surface area contributed by atoms with E-state index in [0.29, 0.717) is 5.56 Å². The van der Waals surface area contributed by atoms with E-state index in [1.54, 1.807) is 37.3 Å². The number of carbonyl (C=O) groups is 2. The fourth-order valence-corrected chi connectivity index (χ4v) is 2.36. The van der Waals surface area contributed by atoms with Crippen molar-refractivity contribution in [2.45, 2.75) is 37.7 Å². The number of benzene rings is 1. The number of hydrogen-bond acceptors (Lipinski definition) is 3. The van der Waals surface area contributed by atoms with Crippen molar-refractivity contribution in [3.8, 4) is 0 Å². The molecule has 5 nitrogen and oxygen atoms in total. The molecule has 0 aromatic heterocycles. The van der Waals surface area contributed by atoms with Gasteiger partial charge in [0.15, 0.2) is 0 Å². The minimum absolute atomic E-state index is 0.149. The number of aliphatic carboxylic acids is 1. The van der Waals surface area contributed by atoms with Gasteiger partial charge in [0.05, 0.1) is 11.5 Å². The van der Waals surface area contributed by atoms with Crippen molar-refractivity contribution in [3.05, 3.63) is 35.9 Å². The average molecular weight is 291 g/mol. The van der Waals surface area contributed by atoms with E-state index in [9.17, 15) is 19.8 Å². The van der Waals surface area contributed by atoms with E-state index in [0.717, 1.165) is 12.8 Å². The molecule has 0 spiro atoms. The van der Waals surface area contributed by atoms with Crippen molar-refractivity contribution >= 4 is 11.9 Å². The SMILES string of the molecule is CC(CC(=O)NCC(O)C1CC1)(C(=O)O)c1ccccc1. The van der Waals surface area contributed by atoms with Crippen LogP contribution < -0.4 is 5.32 Å². The Morgan fingerprint density at radius 1 is 1.33 bits per heavy atom. The third-order valence-corrected chi connectivity index (χ3v) is 4.07. The van der Waals surface area contributed by atoms with E-state index in [1.807, 2.05) is 0 Å². The highest BCUT2D eigenvalue weighted by atomic mass is 16.4. The smallest absolute Gasteiger partial charge is 0.314 e. The van der Waals surface area contributed by atoms with Gasteiger partial charge < -0.3 is 15.5 Å². The molecule has 1 aromatic rings. The number of aliphatic hydroxyl groups is 1. The van der Waals surface area contributed by atoms with E-state index in [-0.39, 0.29) is 24.8 Å². The van der Waals surface area contributed by atoms with Gasteiger partial charge in [0.2, 0.25) is 5.91 Å². The van der Waals surface area contributed by atoms with Crippen LogP contribution in [0.15, 0.2) is 30.3 Å². The summed E-state index contributed by atoms with van der Waals surface area (Å²) in [5, 5.41) is 21.8. The molecule has 0 bridgehead atoms. The Labute approximate surface area is 124 Å². The zero-order chi connectivity index (χ0) is 15.5. The van der Waals surface area contributed by atoms with Gasteiger partial charge in [-0.2, -0.15) is 0 Å². The van der Waals surface area contributed by atoms with Crippen molar-refractivity contribution in [2.24, 2.45) is 5.92 Å². The Bertz CT molecular complexity index is 512. The number of amides is 1. The van der Waals surface area contributed by atoms with Crippen LogP contribution in [0.5, 0.6) is 0 Å². The summed E-state index contributed by atoms with van der Waals surface area (Å²) < 4.78 is 0. The lowest BCUT2D eigenvalue weighted by Crippen LogP contribution is -2.41. The summed E-state index contributed by atoms with van der Waals surface area (Å²) >= 11 is 0. The van der Waals surface area contributed by atoms with Crippen molar-refractivity contribution < 1.29 is 19.8 Å². The third kappa shape index (κ3) is 3.82. The highest BCUT2D eigenvalue weighted by Crippen LogP contribution is 2.32. The lowest BCUT2D eigenvalue weighted by Gasteiger charge is -2.25. The number of carboxylic acid groups (broad SMARTS) is 1. The summed E-state index contributed by atoms with van der Waals surface area (Å²) in [5.41, 5.74) is -0.675. The monoisotopic (exact) mass is 291 g/mol. The highest BCUT2D eigenvalue weighted by Gasteiger charge is 2.38. The molecule has 114 valence electrons. The van der Waals surface area contributed by atoms with E-state index in [2.05, 4.69) is 5.32 Å². The summed E-state index contributed by atoms with van der Waals surface area (Å²) in [5.74, 6) is -1.11. The Hall–Kier alpha value is -1.88. The molecular weight excluding hydrogens is 270 g/mol. The number of rotatable bonds is 7. The molecule has 2 rings (SSSR count). The maximum absolute atomic E-state index is 12.0.